The van der Waals surface area contributed by atoms with Crippen LogP contribution in [0, 0.1) is 0 Å². The van der Waals surface area contributed by atoms with Gasteiger partial charge in [-0.3, -0.25) is 9.48 Å². The van der Waals surface area contributed by atoms with Crippen LogP contribution in [0.3, 0.4) is 0 Å². The third-order valence-electron chi connectivity index (χ3n) is 4.25. The molecule has 3 heterocycles. The summed E-state index contributed by atoms with van der Waals surface area (Å²) in [6, 6.07) is 2.06. The van der Waals surface area contributed by atoms with Crippen molar-refractivity contribution in [3.63, 3.8) is 0 Å². The number of hydrogen-bond donors (Lipinski definition) is 1. The Balaban J connectivity index is 1.48. The van der Waals surface area contributed by atoms with E-state index in [-0.39, 0.29) is 17.5 Å². The van der Waals surface area contributed by atoms with Gasteiger partial charge in [0.2, 0.25) is 5.91 Å². The predicted molar refractivity (Wildman–Crippen MR) is 91.7 cm³/mol. The van der Waals surface area contributed by atoms with E-state index in [4.69, 9.17) is 16.7 Å². The van der Waals surface area contributed by atoms with Crippen molar-refractivity contribution in [2.75, 3.05) is 13.1 Å². The van der Waals surface area contributed by atoms with Crippen molar-refractivity contribution in [2.24, 2.45) is 0 Å². The molecule has 24 heavy (non-hydrogen) atoms. The highest BCUT2D eigenvalue weighted by Crippen LogP contribution is 2.24. The molecule has 1 fully saturated rings. The second kappa shape index (κ2) is 7.36. The van der Waals surface area contributed by atoms with Gasteiger partial charge in [0, 0.05) is 36.0 Å². The minimum absolute atomic E-state index is 0.151. The SMILES string of the molecule is O=C(O)c1cnn(C2CCN(C(=O)CCc3cc(Cl)cs3)CC2)c1. The number of carboxylic acids is 1. The van der Waals surface area contributed by atoms with E-state index in [1.54, 1.807) is 22.2 Å². The first-order valence-corrected chi connectivity index (χ1v) is 9.07. The van der Waals surface area contributed by atoms with Crippen LogP contribution in [0.25, 0.3) is 0 Å². The molecule has 6 nitrogen and oxygen atoms in total. The molecular formula is C16H18ClN3O3S. The van der Waals surface area contributed by atoms with E-state index in [1.807, 2.05) is 16.3 Å². The Kier molecular flexibility index (Phi) is 5.20. The normalized spacial score (nSPS) is 15.6. The minimum atomic E-state index is -0.970. The van der Waals surface area contributed by atoms with Gasteiger partial charge in [0.15, 0.2) is 0 Å². The summed E-state index contributed by atoms with van der Waals surface area (Å²) >= 11 is 7.47. The summed E-state index contributed by atoms with van der Waals surface area (Å²) in [6.45, 7) is 1.36. The molecule has 128 valence electrons. The molecule has 2 aromatic heterocycles. The maximum absolute atomic E-state index is 12.3. The van der Waals surface area contributed by atoms with Gasteiger partial charge in [-0.05, 0) is 25.3 Å². The molecular weight excluding hydrogens is 350 g/mol. The number of nitrogens with zero attached hydrogens (tertiary/aromatic N) is 3. The third kappa shape index (κ3) is 3.96. The third-order valence-corrected chi connectivity index (χ3v) is 5.59. The molecule has 1 amide bonds. The average Bonchev–Trinajstić information content (AvgIpc) is 3.22. The lowest BCUT2D eigenvalue weighted by atomic mass is 10.0. The fourth-order valence-electron chi connectivity index (χ4n) is 2.90. The fraction of sp³-hybridized carbons (Fsp3) is 0.438. The number of aromatic carboxylic acids is 1. The lowest BCUT2D eigenvalue weighted by Gasteiger charge is -2.32. The zero-order valence-electron chi connectivity index (χ0n) is 13.0. The van der Waals surface area contributed by atoms with Crippen LogP contribution < -0.4 is 0 Å². The lowest BCUT2D eigenvalue weighted by Crippen LogP contribution is -2.39. The standard InChI is InChI=1S/C16H18ClN3O3S/c17-12-7-14(24-10-12)1-2-15(21)19-5-3-13(4-6-19)20-9-11(8-18-20)16(22)23/h7-10,13H,1-6H2,(H,22,23). The Morgan fingerprint density at radius 1 is 1.38 bits per heavy atom. The Hall–Kier alpha value is -1.86. The summed E-state index contributed by atoms with van der Waals surface area (Å²) in [4.78, 5) is 26.2. The second-order valence-electron chi connectivity index (χ2n) is 5.86. The number of thiophene rings is 1. The number of aromatic nitrogens is 2. The van der Waals surface area contributed by atoms with Crippen LogP contribution in [-0.4, -0.2) is 44.8 Å². The van der Waals surface area contributed by atoms with Gasteiger partial charge in [-0.2, -0.15) is 5.10 Å². The number of carbonyl (C=O) groups excluding carboxylic acids is 1. The Morgan fingerprint density at radius 2 is 2.12 bits per heavy atom. The first-order valence-electron chi connectivity index (χ1n) is 7.81. The highest BCUT2D eigenvalue weighted by atomic mass is 35.5. The molecule has 8 heteroatoms. The Bertz CT molecular complexity index is 735. The van der Waals surface area contributed by atoms with Gasteiger partial charge in [-0.15, -0.1) is 11.3 Å². The van der Waals surface area contributed by atoms with Crippen LogP contribution in [0.15, 0.2) is 23.8 Å². The maximum atomic E-state index is 12.3. The van der Waals surface area contributed by atoms with Crippen LogP contribution in [0.2, 0.25) is 5.02 Å². The molecule has 0 unspecified atom stereocenters. The molecule has 3 rings (SSSR count). The average molecular weight is 368 g/mol. The summed E-state index contributed by atoms with van der Waals surface area (Å²) in [5.41, 5.74) is 0.197. The minimum Gasteiger partial charge on any atom is -0.478 e. The van der Waals surface area contributed by atoms with Crippen molar-refractivity contribution in [1.29, 1.82) is 0 Å². The zero-order chi connectivity index (χ0) is 17.1. The van der Waals surface area contributed by atoms with Crippen LogP contribution in [0.1, 0.15) is 40.5 Å². The van der Waals surface area contributed by atoms with Crippen LogP contribution in [0.5, 0.6) is 0 Å². The maximum Gasteiger partial charge on any atom is 0.338 e. The number of carboxylic acid groups (broad SMARTS) is 1. The van der Waals surface area contributed by atoms with E-state index in [9.17, 15) is 9.59 Å². The van der Waals surface area contributed by atoms with Gasteiger partial charge < -0.3 is 10.0 Å². The van der Waals surface area contributed by atoms with Crippen LogP contribution >= 0.6 is 22.9 Å². The molecule has 1 N–H and O–H groups in total. The van der Waals surface area contributed by atoms with E-state index in [1.165, 1.54) is 6.20 Å². The molecule has 0 aliphatic carbocycles. The lowest BCUT2D eigenvalue weighted by molar-refractivity contribution is -0.132. The van der Waals surface area contributed by atoms with Crippen molar-refractivity contribution in [3.05, 3.63) is 39.3 Å². The van der Waals surface area contributed by atoms with Gasteiger partial charge in [-0.25, -0.2) is 4.79 Å². The van der Waals surface area contributed by atoms with Crippen LogP contribution in [0.4, 0.5) is 0 Å². The summed E-state index contributed by atoms with van der Waals surface area (Å²) in [7, 11) is 0. The Morgan fingerprint density at radius 3 is 2.71 bits per heavy atom. The van der Waals surface area contributed by atoms with Crippen molar-refractivity contribution in [2.45, 2.75) is 31.7 Å². The zero-order valence-corrected chi connectivity index (χ0v) is 14.6. The molecule has 0 aromatic carbocycles. The van der Waals surface area contributed by atoms with Gasteiger partial charge in [0.1, 0.15) is 0 Å². The molecule has 1 saturated heterocycles. The van der Waals surface area contributed by atoms with Crippen molar-refractivity contribution >= 4 is 34.8 Å². The molecule has 2 aromatic rings. The topological polar surface area (TPSA) is 75.4 Å². The summed E-state index contributed by atoms with van der Waals surface area (Å²) < 4.78 is 1.71. The first-order chi connectivity index (χ1) is 11.5. The number of likely N-dealkylation sites (tertiary alicyclic amines) is 1. The number of amides is 1. The van der Waals surface area contributed by atoms with Gasteiger partial charge in [0.25, 0.3) is 0 Å². The predicted octanol–water partition coefficient (Wildman–Crippen LogP) is 3.09. The fourth-order valence-corrected chi connectivity index (χ4v) is 3.98. The molecule has 0 saturated carbocycles. The summed E-state index contributed by atoms with van der Waals surface area (Å²) in [5.74, 6) is -0.813. The number of hydrogen-bond acceptors (Lipinski definition) is 4. The van der Waals surface area contributed by atoms with Gasteiger partial charge in [-0.1, -0.05) is 11.6 Å². The first kappa shape index (κ1) is 17.0. The second-order valence-corrected chi connectivity index (χ2v) is 7.29. The molecule has 0 radical (unpaired) electrons. The van der Waals surface area contributed by atoms with E-state index >= 15 is 0 Å². The van der Waals surface area contributed by atoms with Gasteiger partial charge >= 0.3 is 5.97 Å². The van der Waals surface area contributed by atoms with E-state index in [0.29, 0.717) is 19.5 Å². The van der Waals surface area contributed by atoms with E-state index in [0.717, 1.165) is 29.2 Å². The number of piperidine rings is 1. The molecule has 0 bridgehead atoms. The highest BCUT2D eigenvalue weighted by molar-refractivity contribution is 7.10. The molecule has 1 aliphatic heterocycles. The van der Waals surface area contributed by atoms with Gasteiger partial charge in [0.05, 0.1) is 22.8 Å². The van der Waals surface area contributed by atoms with Crippen molar-refractivity contribution < 1.29 is 14.7 Å². The van der Waals surface area contributed by atoms with Crippen molar-refractivity contribution in [1.82, 2.24) is 14.7 Å². The smallest absolute Gasteiger partial charge is 0.338 e. The number of halogens is 1. The van der Waals surface area contributed by atoms with E-state index in [2.05, 4.69) is 5.10 Å². The summed E-state index contributed by atoms with van der Waals surface area (Å²) in [5, 5.41) is 15.7. The number of rotatable bonds is 5. The number of carbonyl (C=O) groups is 2. The monoisotopic (exact) mass is 367 g/mol. The largest absolute Gasteiger partial charge is 0.478 e. The van der Waals surface area contributed by atoms with Crippen molar-refractivity contribution in [3.8, 4) is 0 Å². The molecule has 0 atom stereocenters. The number of aryl methyl sites for hydroxylation is 1. The Labute approximate surface area is 148 Å². The summed E-state index contributed by atoms with van der Waals surface area (Å²) in [6.07, 6.45) is 5.72. The highest BCUT2D eigenvalue weighted by Gasteiger charge is 2.24. The molecule has 0 spiro atoms. The van der Waals surface area contributed by atoms with E-state index < -0.39 is 5.97 Å². The van der Waals surface area contributed by atoms with Crippen LogP contribution in [-0.2, 0) is 11.2 Å². The quantitative estimate of drug-likeness (QED) is 0.881. The molecule has 1 aliphatic rings.